The number of amides is 2. The van der Waals surface area contributed by atoms with Crippen molar-refractivity contribution in [3.63, 3.8) is 0 Å². The second-order valence-electron chi connectivity index (χ2n) is 4.10. The van der Waals surface area contributed by atoms with Gasteiger partial charge < -0.3 is 10.6 Å². The van der Waals surface area contributed by atoms with Crippen LogP contribution in [0.15, 0.2) is 0 Å². The normalized spacial score (nSPS) is 10.4. The molecule has 0 rings (SSSR count). The molecule has 14 heavy (non-hydrogen) atoms. The fourth-order valence-corrected chi connectivity index (χ4v) is 0.899. The van der Waals surface area contributed by atoms with E-state index in [2.05, 4.69) is 10.6 Å². The van der Waals surface area contributed by atoms with Gasteiger partial charge in [0.25, 0.3) is 0 Å². The molecule has 0 atom stereocenters. The molecule has 4 nitrogen and oxygen atoms in total. The summed E-state index contributed by atoms with van der Waals surface area (Å²) in [5, 5.41) is 5.35. The van der Waals surface area contributed by atoms with Crippen LogP contribution in [0.4, 0.5) is 0 Å². The Kier molecular flexibility index (Phi) is 5.92. The Morgan fingerprint density at radius 3 is 2.07 bits per heavy atom. The summed E-state index contributed by atoms with van der Waals surface area (Å²) in [6.07, 6.45) is -0.0785. The molecule has 0 aromatic rings. The predicted octanol–water partition coefficient (Wildman–Crippen LogP) is 0.673. The number of rotatable bonds is 5. The van der Waals surface area contributed by atoms with Gasteiger partial charge in [-0.3, -0.25) is 9.59 Å². The highest BCUT2D eigenvalue weighted by molar-refractivity contribution is 5.96. The van der Waals surface area contributed by atoms with Gasteiger partial charge >= 0.3 is 0 Å². The second kappa shape index (κ2) is 6.40. The summed E-state index contributed by atoms with van der Waals surface area (Å²) in [4.78, 5) is 22.3. The van der Waals surface area contributed by atoms with Crippen LogP contribution in [0.25, 0.3) is 0 Å². The molecule has 82 valence electrons. The molecule has 0 unspecified atom stereocenters. The smallest absolute Gasteiger partial charge is 0.229 e. The van der Waals surface area contributed by atoms with Crippen LogP contribution in [-0.4, -0.2) is 24.4 Å². The van der Waals surface area contributed by atoms with E-state index in [-0.39, 0.29) is 24.3 Å². The Labute approximate surface area is 85.4 Å². The molecule has 0 saturated heterocycles. The zero-order valence-corrected chi connectivity index (χ0v) is 9.39. The lowest BCUT2D eigenvalue weighted by molar-refractivity contribution is -0.129. The van der Waals surface area contributed by atoms with Gasteiger partial charge in [-0.1, -0.05) is 13.8 Å². The Bertz CT molecular complexity index is 200. The van der Waals surface area contributed by atoms with Crippen molar-refractivity contribution in [1.82, 2.24) is 10.6 Å². The number of hydrogen-bond acceptors (Lipinski definition) is 2. The van der Waals surface area contributed by atoms with Crippen LogP contribution in [0.2, 0.25) is 0 Å². The highest BCUT2D eigenvalue weighted by atomic mass is 16.2. The lowest BCUT2D eigenvalue weighted by atomic mass is 10.2. The number of carbonyl (C=O) groups excluding carboxylic acids is 2. The van der Waals surface area contributed by atoms with Gasteiger partial charge in [-0.15, -0.1) is 0 Å². The summed E-state index contributed by atoms with van der Waals surface area (Å²) in [6.45, 7) is 8.37. The van der Waals surface area contributed by atoms with E-state index in [4.69, 9.17) is 0 Å². The molecule has 0 aliphatic heterocycles. The van der Waals surface area contributed by atoms with E-state index >= 15 is 0 Å². The first kappa shape index (κ1) is 12.9. The van der Waals surface area contributed by atoms with Crippen molar-refractivity contribution in [1.29, 1.82) is 0 Å². The van der Waals surface area contributed by atoms with Crippen molar-refractivity contribution in [3.8, 4) is 0 Å². The average Bonchev–Trinajstić information content (AvgIpc) is 1.98. The minimum atomic E-state index is -0.221. The Hall–Kier alpha value is -1.06. The topological polar surface area (TPSA) is 58.2 Å². The van der Waals surface area contributed by atoms with Crippen LogP contribution in [-0.2, 0) is 9.59 Å². The van der Waals surface area contributed by atoms with E-state index in [1.165, 1.54) is 0 Å². The molecule has 2 N–H and O–H groups in total. The molecule has 0 radical (unpaired) electrons. The summed E-state index contributed by atoms with van der Waals surface area (Å²) < 4.78 is 0. The number of hydrogen-bond donors (Lipinski definition) is 2. The SMILES string of the molecule is CC(C)CNC(=O)CC(=O)NC(C)C. The molecular weight excluding hydrogens is 180 g/mol. The Morgan fingerprint density at radius 1 is 1.07 bits per heavy atom. The molecule has 0 aromatic heterocycles. The number of carbonyl (C=O) groups is 2. The van der Waals surface area contributed by atoms with E-state index in [0.717, 1.165) is 0 Å². The molecule has 4 heteroatoms. The third-order valence-corrected chi connectivity index (χ3v) is 1.48. The van der Waals surface area contributed by atoms with E-state index in [9.17, 15) is 9.59 Å². The first-order chi connectivity index (χ1) is 6.41. The van der Waals surface area contributed by atoms with Crippen LogP contribution in [0.5, 0.6) is 0 Å². The van der Waals surface area contributed by atoms with Gasteiger partial charge in [0.15, 0.2) is 0 Å². The molecule has 0 aromatic carbocycles. The summed E-state index contributed by atoms with van der Waals surface area (Å²) in [6, 6.07) is 0.0837. The summed E-state index contributed by atoms with van der Waals surface area (Å²) >= 11 is 0. The Balaban J connectivity index is 3.66. The highest BCUT2D eigenvalue weighted by Crippen LogP contribution is 1.89. The van der Waals surface area contributed by atoms with E-state index < -0.39 is 0 Å². The molecule has 0 bridgehead atoms. The van der Waals surface area contributed by atoms with Crippen molar-refractivity contribution in [2.45, 2.75) is 40.2 Å². The summed E-state index contributed by atoms with van der Waals surface area (Å²) in [5.74, 6) is -0.0229. The lowest BCUT2D eigenvalue weighted by Crippen LogP contribution is -2.36. The van der Waals surface area contributed by atoms with Gasteiger partial charge in [0.05, 0.1) is 0 Å². The predicted molar refractivity (Wildman–Crippen MR) is 55.7 cm³/mol. The molecule has 0 spiro atoms. The van der Waals surface area contributed by atoms with Gasteiger partial charge in [-0.2, -0.15) is 0 Å². The largest absolute Gasteiger partial charge is 0.355 e. The molecule has 0 aliphatic carbocycles. The van der Waals surface area contributed by atoms with Crippen molar-refractivity contribution in [2.24, 2.45) is 5.92 Å². The third kappa shape index (κ3) is 7.58. The fourth-order valence-electron chi connectivity index (χ4n) is 0.899. The molecule has 0 fully saturated rings. The minimum Gasteiger partial charge on any atom is -0.355 e. The second-order valence-corrected chi connectivity index (χ2v) is 4.10. The average molecular weight is 200 g/mol. The lowest BCUT2D eigenvalue weighted by Gasteiger charge is -2.09. The monoisotopic (exact) mass is 200 g/mol. The zero-order valence-electron chi connectivity index (χ0n) is 9.39. The van der Waals surface area contributed by atoms with E-state index in [1.54, 1.807) is 0 Å². The third-order valence-electron chi connectivity index (χ3n) is 1.48. The molecule has 0 saturated carbocycles. The maximum Gasteiger partial charge on any atom is 0.229 e. The van der Waals surface area contributed by atoms with Crippen LogP contribution in [0.3, 0.4) is 0 Å². The van der Waals surface area contributed by atoms with E-state index in [0.29, 0.717) is 12.5 Å². The zero-order chi connectivity index (χ0) is 11.1. The van der Waals surface area contributed by atoms with Crippen LogP contribution < -0.4 is 10.6 Å². The van der Waals surface area contributed by atoms with Crippen molar-refractivity contribution in [3.05, 3.63) is 0 Å². The first-order valence-electron chi connectivity index (χ1n) is 4.98. The fraction of sp³-hybridized carbons (Fsp3) is 0.800. The highest BCUT2D eigenvalue weighted by Gasteiger charge is 2.09. The van der Waals surface area contributed by atoms with Crippen LogP contribution >= 0.6 is 0 Å². The quantitative estimate of drug-likeness (QED) is 0.641. The Morgan fingerprint density at radius 2 is 1.64 bits per heavy atom. The standard InChI is InChI=1S/C10H20N2O2/c1-7(2)6-11-9(13)5-10(14)12-8(3)4/h7-8H,5-6H2,1-4H3,(H,11,13)(H,12,14). The maximum absolute atomic E-state index is 11.2. The van der Waals surface area contributed by atoms with Gasteiger partial charge in [-0.05, 0) is 19.8 Å². The van der Waals surface area contributed by atoms with Crippen LogP contribution in [0, 0.1) is 5.92 Å². The molecular formula is C10H20N2O2. The van der Waals surface area contributed by atoms with Gasteiger partial charge in [0.1, 0.15) is 6.42 Å². The summed E-state index contributed by atoms with van der Waals surface area (Å²) in [7, 11) is 0. The molecule has 0 heterocycles. The first-order valence-corrected chi connectivity index (χ1v) is 4.98. The number of nitrogens with one attached hydrogen (secondary N) is 2. The van der Waals surface area contributed by atoms with Crippen molar-refractivity contribution >= 4 is 11.8 Å². The molecule has 2 amide bonds. The maximum atomic E-state index is 11.2. The molecule has 0 aliphatic rings. The summed E-state index contributed by atoms with van der Waals surface area (Å²) in [5.41, 5.74) is 0. The van der Waals surface area contributed by atoms with Gasteiger partial charge in [-0.25, -0.2) is 0 Å². The van der Waals surface area contributed by atoms with Crippen molar-refractivity contribution in [2.75, 3.05) is 6.54 Å². The van der Waals surface area contributed by atoms with Gasteiger partial charge in [0, 0.05) is 12.6 Å². The minimum absolute atomic E-state index is 0.0785. The van der Waals surface area contributed by atoms with Crippen molar-refractivity contribution < 1.29 is 9.59 Å². The van der Waals surface area contributed by atoms with Gasteiger partial charge in [0.2, 0.25) is 11.8 Å². The van der Waals surface area contributed by atoms with E-state index in [1.807, 2.05) is 27.7 Å². The van der Waals surface area contributed by atoms with Crippen LogP contribution in [0.1, 0.15) is 34.1 Å².